The number of carbonyl (C=O) groups is 2. The van der Waals surface area contributed by atoms with Crippen molar-refractivity contribution < 1.29 is 14.3 Å². The first kappa shape index (κ1) is 15.2. The van der Waals surface area contributed by atoms with E-state index in [4.69, 9.17) is 4.74 Å². The molecule has 0 radical (unpaired) electrons. The summed E-state index contributed by atoms with van der Waals surface area (Å²) in [6.45, 7) is 4.06. The van der Waals surface area contributed by atoms with Crippen LogP contribution in [0.15, 0.2) is 42.0 Å². The molecular weight excluding hydrogens is 288 g/mol. The Hall–Kier alpha value is -2.68. The van der Waals surface area contributed by atoms with E-state index >= 15 is 0 Å². The number of allylic oxidation sites excluding steroid dienone is 1. The SMILES string of the molecule is COC(=O)c1ccccc1/C=C1/Cc2cc(C)c(C)cc2C1=O. The highest BCUT2D eigenvalue weighted by Crippen LogP contribution is 2.30. The van der Waals surface area contributed by atoms with Gasteiger partial charge in [0.15, 0.2) is 5.78 Å². The van der Waals surface area contributed by atoms with Gasteiger partial charge in [-0.05, 0) is 54.3 Å². The molecule has 2 aromatic carbocycles. The van der Waals surface area contributed by atoms with Gasteiger partial charge in [-0.15, -0.1) is 0 Å². The lowest BCUT2D eigenvalue weighted by molar-refractivity contribution is 0.0600. The van der Waals surface area contributed by atoms with Gasteiger partial charge in [0.25, 0.3) is 0 Å². The van der Waals surface area contributed by atoms with Crippen molar-refractivity contribution in [2.24, 2.45) is 0 Å². The highest BCUT2D eigenvalue weighted by atomic mass is 16.5. The fraction of sp³-hybridized carbons (Fsp3) is 0.200. The molecule has 0 saturated heterocycles. The topological polar surface area (TPSA) is 43.4 Å². The lowest BCUT2D eigenvalue weighted by Crippen LogP contribution is -2.04. The van der Waals surface area contributed by atoms with Gasteiger partial charge >= 0.3 is 5.97 Å². The van der Waals surface area contributed by atoms with Gasteiger partial charge in [0, 0.05) is 17.6 Å². The first-order chi connectivity index (χ1) is 11.0. The molecule has 0 fully saturated rings. The fourth-order valence-electron chi connectivity index (χ4n) is 2.92. The molecule has 1 aliphatic carbocycles. The summed E-state index contributed by atoms with van der Waals surface area (Å²) in [7, 11) is 1.36. The largest absolute Gasteiger partial charge is 0.465 e. The molecular formula is C20H18O3. The van der Waals surface area contributed by atoms with Gasteiger partial charge in [-0.1, -0.05) is 24.3 Å². The predicted octanol–water partition coefficient (Wildman–Crippen LogP) is 3.91. The molecule has 0 spiro atoms. The Bertz CT molecular complexity index is 844. The van der Waals surface area contributed by atoms with E-state index in [1.807, 2.05) is 32.0 Å². The number of ether oxygens (including phenoxy) is 1. The summed E-state index contributed by atoms with van der Waals surface area (Å²) in [5.41, 5.74) is 6.03. The van der Waals surface area contributed by atoms with Crippen LogP contribution < -0.4 is 0 Å². The Morgan fingerprint density at radius 1 is 1.13 bits per heavy atom. The van der Waals surface area contributed by atoms with Crippen LogP contribution in [0, 0.1) is 13.8 Å². The molecule has 3 heteroatoms. The Morgan fingerprint density at radius 3 is 2.57 bits per heavy atom. The monoisotopic (exact) mass is 306 g/mol. The second-order valence-corrected chi connectivity index (χ2v) is 5.85. The highest BCUT2D eigenvalue weighted by molar-refractivity contribution is 6.16. The van der Waals surface area contributed by atoms with Crippen molar-refractivity contribution in [1.82, 2.24) is 0 Å². The molecule has 0 saturated carbocycles. The molecule has 1 aliphatic rings. The van der Waals surface area contributed by atoms with Crippen molar-refractivity contribution in [2.45, 2.75) is 20.3 Å². The Morgan fingerprint density at radius 2 is 1.83 bits per heavy atom. The number of esters is 1. The van der Waals surface area contributed by atoms with Crippen LogP contribution >= 0.6 is 0 Å². The molecule has 2 aromatic rings. The van der Waals surface area contributed by atoms with Crippen molar-refractivity contribution in [3.05, 3.63) is 75.4 Å². The van der Waals surface area contributed by atoms with Crippen molar-refractivity contribution in [2.75, 3.05) is 7.11 Å². The van der Waals surface area contributed by atoms with Crippen LogP contribution in [0.3, 0.4) is 0 Å². The number of fused-ring (bicyclic) bond motifs is 1. The quantitative estimate of drug-likeness (QED) is 0.624. The average Bonchev–Trinajstić information content (AvgIpc) is 2.83. The molecule has 23 heavy (non-hydrogen) atoms. The van der Waals surface area contributed by atoms with Crippen molar-refractivity contribution >= 4 is 17.8 Å². The molecule has 116 valence electrons. The minimum Gasteiger partial charge on any atom is -0.465 e. The average molecular weight is 306 g/mol. The molecule has 0 bridgehead atoms. The zero-order chi connectivity index (χ0) is 16.6. The number of methoxy groups -OCH3 is 1. The van der Waals surface area contributed by atoms with Crippen LogP contribution in [0.5, 0.6) is 0 Å². The Kier molecular flexibility index (Phi) is 3.87. The van der Waals surface area contributed by atoms with Crippen molar-refractivity contribution in [1.29, 1.82) is 0 Å². The maximum Gasteiger partial charge on any atom is 0.338 e. The zero-order valence-electron chi connectivity index (χ0n) is 13.5. The van der Waals surface area contributed by atoms with Gasteiger partial charge < -0.3 is 4.74 Å². The van der Waals surface area contributed by atoms with Gasteiger partial charge in [-0.25, -0.2) is 4.79 Å². The molecule has 0 aromatic heterocycles. The summed E-state index contributed by atoms with van der Waals surface area (Å²) in [6, 6.07) is 11.2. The third-order valence-corrected chi connectivity index (χ3v) is 4.33. The van der Waals surface area contributed by atoms with Crippen LogP contribution in [0.25, 0.3) is 6.08 Å². The number of hydrogen-bond donors (Lipinski definition) is 0. The summed E-state index contributed by atoms with van der Waals surface area (Å²) in [5, 5.41) is 0. The van der Waals surface area contributed by atoms with E-state index in [0.717, 1.165) is 16.7 Å². The molecule has 3 nitrogen and oxygen atoms in total. The third-order valence-electron chi connectivity index (χ3n) is 4.33. The Labute approximate surface area is 135 Å². The van der Waals surface area contributed by atoms with E-state index in [0.29, 0.717) is 23.1 Å². The van der Waals surface area contributed by atoms with Gasteiger partial charge in [-0.2, -0.15) is 0 Å². The fourth-order valence-corrected chi connectivity index (χ4v) is 2.92. The zero-order valence-corrected chi connectivity index (χ0v) is 13.5. The van der Waals surface area contributed by atoms with Crippen LogP contribution in [0.2, 0.25) is 0 Å². The van der Waals surface area contributed by atoms with E-state index in [1.54, 1.807) is 18.2 Å². The van der Waals surface area contributed by atoms with Crippen LogP contribution in [0.1, 0.15) is 43.0 Å². The van der Waals surface area contributed by atoms with Gasteiger partial charge in [0.2, 0.25) is 0 Å². The number of Topliss-reactive ketones (excluding diaryl/α,β-unsaturated/α-hetero) is 1. The molecule has 0 heterocycles. The summed E-state index contributed by atoms with van der Waals surface area (Å²) >= 11 is 0. The molecule has 0 amide bonds. The van der Waals surface area contributed by atoms with Crippen LogP contribution in [-0.4, -0.2) is 18.9 Å². The number of aryl methyl sites for hydroxylation is 2. The normalized spacial score (nSPS) is 14.9. The highest BCUT2D eigenvalue weighted by Gasteiger charge is 2.25. The second-order valence-electron chi connectivity index (χ2n) is 5.85. The molecule has 3 rings (SSSR count). The van der Waals surface area contributed by atoms with Gasteiger partial charge in [0.1, 0.15) is 0 Å². The van der Waals surface area contributed by atoms with E-state index in [1.165, 1.54) is 12.7 Å². The number of ketones is 1. The second kappa shape index (κ2) is 5.84. The standard InChI is InChI=1S/C20H18O3/c1-12-8-15-11-16(19(21)18(15)9-13(12)2)10-14-6-4-5-7-17(14)20(22)23-3/h4-10H,11H2,1-3H3/b16-10-. The minimum atomic E-state index is -0.396. The number of benzene rings is 2. The van der Waals surface area contributed by atoms with E-state index in [-0.39, 0.29) is 5.78 Å². The summed E-state index contributed by atoms with van der Waals surface area (Å²) in [5.74, 6) is -0.352. The van der Waals surface area contributed by atoms with Crippen molar-refractivity contribution in [3.8, 4) is 0 Å². The molecule has 0 unspecified atom stereocenters. The first-order valence-corrected chi connectivity index (χ1v) is 7.54. The number of carbonyl (C=O) groups excluding carboxylic acids is 2. The smallest absolute Gasteiger partial charge is 0.338 e. The van der Waals surface area contributed by atoms with Crippen LogP contribution in [0.4, 0.5) is 0 Å². The number of hydrogen-bond acceptors (Lipinski definition) is 3. The third kappa shape index (κ3) is 2.70. The van der Waals surface area contributed by atoms with E-state index in [2.05, 4.69) is 6.07 Å². The van der Waals surface area contributed by atoms with E-state index in [9.17, 15) is 9.59 Å². The molecule has 0 atom stereocenters. The predicted molar refractivity (Wildman–Crippen MR) is 89.7 cm³/mol. The summed E-state index contributed by atoms with van der Waals surface area (Å²) < 4.78 is 4.81. The van der Waals surface area contributed by atoms with Gasteiger partial charge in [-0.3, -0.25) is 4.79 Å². The van der Waals surface area contributed by atoms with Crippen molar-refractivity contribution in [3.63, 3.8) is 0 Å². The summed E-state index contributed by atoms with van der Waals surface area (Å²) in [6.07, 6.45) is 2.41. The lowest BCUT2D eigenvalue weighted by Gasteiger charge is -2.04. The van der Waals surface area contributed by atoms with Gasteiger partial charge in [0.05, 0.1) is 12.7 Å². The van der Waals surface area contributed by atoms with Crippen LogP contribution in [-0.2, 0) is 11.2 Å². The lowest BCUT2D eigenvalue weighted by atomic mass is 10.0. The Balaban J connectivity index is 2.03. The summed E-state index contributed by atoms with van der Waals surface area (Å²) in [4.78, 5) is 24.5. The molecule has 0 aliphatic heterocycles. The first-order valence-electron chi connectivity index (χ1n) is 7.54. The molecule has 0 N–H and O–H groups in total. The maximum atomic E-state index is 12.6. The van der Waals surface area contributed by atoms with E-state index < -0.39 is 5.97 Å². The minimum absolute atomic E-state index is 0.0442. The maximum absolute atomic E-state index is 12.6. The number of rotatable bonds is 2.